The van der Waals surface area contributed by atoms with Gasteiger partial charge < -0.3 is 9.64 Å². The van der Waals surface area contributed by atoms with Gasteiger partial charge in [-0.25, -0.2) is 4.98 Å². The van der Waals surface area contributed by atoms with E-state index in [1.165, 1.54) is 5.56 Å². The molecule has 0 aliphatic carbocycles. The number of para-hydroxylation sites is 1. The van der Waals surface area contributed by atoms with Crippen molar-refractivity contribution in [1.82, 2.24) is 24.6 Å². The lowest BCUT2D eigenvalue weighted by Gasteiger charge is -2.35. The van der Waals surface area contributed by atoms with Crippen molar-refractivity contribution in [2.75, 3.05) is 31.1 Å². The van der Waals surface area contributed by atoms with Crippen LogP contribution >= 0.6 is 0 Å². The van der Waals surface area contributed by atoms with Crippen LogP contribution in [0.25, 0.3) is 11.3 Å². The minimum absolute atomic E-state index is 0.817. The van der Waals surface area contributed by atoms with Gasteiger partial charge in [-0.1, -0.05) is 18.2 Å². The molecule has 5 rings (SSSR count). The number of ether oxygens (including phenoxy) is 1. The third-order valence-corrected chi connectivity index (χ3v) is 5.65. The predicted molar refractivity (Wildman–Crippen MR) is 125 cm³/mol. The van der Waals surface area contributed by atoms with Crippen LogP contribution in [-0.2, 0) is 13.6 Å². The van der Waals surface area contributed by atoms with Crippen LogP contribution in [-0.4, -0.2) is 50.8 Å². The van der Waals surface area contributed by atoms with Crippen molar-refractivity contribution >= 4 is 5.82 Å². The first-order chi connectivity index (χ1) is 15.7. The summed E-state index contributed by atoms with van der Waals surface area (Å²) in [7, 11) is 1.98. The van der Waals surface area contributed by atoms with Gasteiger partial charge in [0.1, 0.15) is 17.3 Å². The van der Waals surface area contributed by atoms with Crippen molar-refractivity contribution in [3.8, 4) is 22.8 Å². The minimum atomic E-state index is 0.817. The van der Waals surface area contributed by atoms with E-state index in [0.717, 1.165) is 61.3 Å². The zero-order valence-corrected chi connectivity index (χ0v) is 18.1. The van der Waals surface area contributed by atoms with E-state index < -0.39 is 0 Å². The molecule has 2 aromatic heterocycles. The van der Waals surface area contributed by atoms with Crippen molar-refractivity contribution < 1.29 is 4.74 Å². The first-order valence-electron chi connectivity index (χ1n) is 10.8. The van der Waals surface area contributed by atoms with E-state index in [4.69, 9.17) is 9.84 Å². The highest BCUT2D eigenvalue weighted by Gasteiger charge is 2.20. The van der Waals surface area contributed by atoms with Crippen LogP contribution in [0.15, 0.2) is 79.4 Å². The lowest BCUT2D eigenvalue weighted by Crippen LogP contribution is -2.46. The van der Waals surface area contributed by atoms with Gasteiger partial charge >= 0.3 is 0 Å². The topological polar surface area (TPSA) is 59.3 Å². The summed E-state index contributed by atoms with van der Waals surface area (Å²) in [5, 5.41) is 4.74. The average molecular weight is 427 g/mol. The van der Waals surface area contributed by atoms with Crippen LogP contribution in [0.2, 0.25) is 0 Å². The Morgan fingerprint density at radius 3 is 2.34 bits per heavy atom. The molecule has 3 heterocycles. The molecule has 0 unspecified atom stereocenters. The fourth-order valence-corrected chi connectivity index (χ4v) is 4.03. The van der Waals surface area contributed by atoms with Crippen LogP contribution in [0.3, 0.4) is 0 Å². The van der Waals surface area contributed by atoms with Crippen LogP contribution in [0.5, 0.6) is 11.5 Å². The number of hydrogen-bond donors (Lipinski definition) is 0. The van der Waals surface area contributed by atoms with Gasteiger partial charge in [0.2, 0.25) is 0 Å². The third kappa shape index (κ3) is 4.63. The van der Waals surface area contributed by atoms with Gasteiger partial charge in [-0.3, -0.25) is 14.6 Å². The van der Waals surface area contributed by atoms with Crippen molar-refractivity contribution in [2.45, 2.75) is 6.54 Å². The smallest absolute Gasteiger partial charge is 0.147 e. The van der Waals surface area contributed by atoms with Crippen LogP contribution < -0.4 is 9.64 Å². The minimum Gasteiger partial charge on any atom is -0.457 e. The first kappa shape index (κ1) is 20.2. The lowest BCUT2D eigenvalue weighted by molar-refractivity contribution is 0.249. The van der Waals surface area contributed by atoms with Crippen molar-refractivity contribution in [3.63, 3.8) is 0 Å². The molecule has 0 atom stereocenters. The quantitative estimate of drug-likeness (QED) is 0.465. The predicted octanol–water partition coefficient (Wildman–Crippen LogP) is 3.99. The summed E-state index contributed by atoms with van der Waals surface area (Å²) < 4.78 is 7.82. The Morgan fingerprint density at radius 1 is 0.875 bits per heavy atom. The molecule has 7 heteroatoms. The molecule has 0 spiro atoms. The summed E-state index contributed by atoms with van der Waals surface area (Å²) in [5.74, 6) is 2.60. The summed E-state index contributed by atoms with van der Waals surface area (Å²) in [6.07, 6.45) is 7.42. The standard InChI is InChI=1S/C25H26N6O/c1-29-18-21(19-30-13-15-31(16-14-30)24-17-26-11-12-27-24)25(28-29)20-7-9-23(10-8-20)32-22-5-3-2-4-6-22/h2-12,17-18H,13-16,19H2,1H3. The van der Waals surface area contributed by atoms with Gasteiger partial charge in [-0.2, -0.15) is 5.10 Å². The van der Waals surface area contributed by atoms with Crippen molar-refractivity contribution in [2.24, 2.45) is 7.05 Å². The van der Waals surface area contributed by atoms with E-state index in [0.29, 0.717) is 0 Å². The van der Waals surface area contributed by atoms with Gasteiger partial charge in [0.25, 0.3) is 0 Å². The monoisotopic (exact) mass is 426 g/mol. The zero-order valence-electron chi connectivity index (χ0n) is 18.1. The second-order valence-electron chi connectivity index (χ2n) is 7.94. The summed E-state index contributed by atoms with van der Waals surface area (Å²) >= 11 is 0. The Hall–Kier alpha value is -3.71. The maximum atomic E-state index is 5.92. The number of piperazine rings is 1. The number of hydrogen-bond acceptors (Lipinski definition) is 6. The van der Waals surface area contributed by atoms with E-state index in [1.54, 1.807) is 12.4 Å². The molecule has 0 amide bonds. The van der Waals surface area contributed by atoms with Crippen LogP contribution in [0, 0.1) is 0 Å². The second kappa shape index (κ2) is 9.20. The molecule has 2 aromatic carbocycles. The van der Waals surface area contributed by atoms with Gasteiger partial charge in [0, 0.05) is 69.5 Å². The molecule has 0 N–H and O–H groups in total. The molecule has 0 bridgehead atoms. The summed E-state index contributed by atoms with van der Waals surface area (Å²) in [6.45, 7) is 4.73. The van der Waals surface area contributed by atoms with Gasteiger partial charge in [0.15, 0.2) is 0 Å². The van der Waals surface area contributed by atoms with E-state index in [2.05, 4.69) is 38.1 Å². The maximum Gasteiger partial charge on any atom is 0.147 e. The van der Waals surface area contributed by atoms with E-state index in [1.807, 2.05) is 60.4 Å². The van der Waals surface area contributed by atoms with Gasteiger partial charge in [-0.05, 0) is 36.4 Å². The highest BCUT2D eigenvalue weighted by atomic mass is 16.5. The summed E-state index contributed by atoms with van der Waals surface area (Å²) in [6, 6.07) is 18.0. The molecule has 32 heavy (non-hydrogen) atoms. The molecule has 0 saturated carbocycles. The molecule has 4 aromatic rings. The van der Waals surface area contributed by atoms with Crippen LogP contribution in [0.4, 0.5) is 5.82 Å². The van der Waals surface area contributed by atoms with Crippen molar-refractivity contribution in [3.05, 3.63) is 84.9 Å². The number of aryl methyl sites for hydroxylation is 1. The molecule has 1 fully saturated rings. The Kier molecular flexibility index (Phi) is 5.81. The maximum absolute atomic E-state index is 5.92. The molecule has 1 aliphatic rings. The zero-order chi connectivity index (χ0) is 21.8. The molecular weight excluding hydrogens is 400 g/mol. The van der Waals surface area contributed by atoms with Gasteiger partial charge in [-0.15, -0.1) is 0 Å². The fourth-order valence-electron chi connectivity index (χ4n) is 4.03. The normalized spacial score (nSPS) is 14.5. The molecule has 162 valence electrons. The average Bonchev–Trinajstić information content (AvgIpc) is 3.21. The summed E-state index contributed by atoms with van der Waals surface area (Å²) in [4.78, 5) is 13.4. The van der Waals surface area contributed by atoms with Gasteiger partial charge in [0.05, 0.1) is 11.9 Å². The molecule has 1 saturated heterocycles. The summed E-state index contributed by atoms with van der Waals surface area (Å²) in [5.41, 5.74) is 3.35. The van der Waals surface area contributed by atoms with E-state index in [-0.39, 0.29) is 0 Å². The fraction of sp³-hybridized carbons (Fsp3) is 0.240. The molecule has 7 nitrogen and oxygen atoms in total. The van der Waals surface area contributed by atoms with Crippen molar-refractivity contribution in [1.29, 1.82) is 0 Å². The number of nitrogens with zero attached hydrogens (tertiary/aromatic N) is 6. The SMILES string of the molecule is Cn1cc(CN2CCN(c3cnccn3)CC2)c(-c2ccc(Oc3ccccc3)cc2)n1. The Balaban J connectivity index is 1.25. The highest BCUT2D eigenvalue weighted by molar-refractivity contribution is 5.63. The van der Waals surface area contributed by atoms with Crippen LogP contribution in [0.1, 0.15) is 5.56 Å². The number of anilines is 1. The largest absolute Gasteiger partial charge is 0.457 e. The highest BCUT2D eigenvalue weighted by Crippen LogP contribution is 2.28. The molecule has 1 aliphatic heterocycles. The van der Waals surface area contributed by atoms with E-state index in [9.17, 15) is 0 Å². The number of rotatable bonds is 6. The van der Waals surface area contributed by atoms with E-state index >= 15 is 0 Å². The lowest BCUT2D eigenvalue weighted by atomic mass is 10.1. The Labute approximate surface area is 187 Å². The number of aromatic nitrogens is 4. The third-order valence-electron chi connectivity index (χ3n) is 5.65. The molecular formula is C25H26N6O. The Morgan fingerprint density at radius 2 is 1.62 bits per heavy atom. The number of benzene rings is 2. The molecule has 0 radical (unpaired) electrons. The first-order valence-corrected chi connectivity index (χ1v) is 10.8. The second-order valence-corrected chi connectivity index (χ2v) is 7.94. The Bertz CT molecular complexity index is 1140.